The van der Waals surface area contributed by atoms with Crippen LogP contribution in [0.15, 0.2) is 78.9 Å². The average molecular weight is 977 g/mol. The molecule has 2 aliphatic rings. The average Bonchev–Trinajstić information content (AvgIpc) is 3.88. The van der Waals surface area contributed by atoms with Gasteiger partial charge in [-0.3, -0.25) is 0 Å². The Hall–Kier alpha value is -7.89. The van der Waals surface area contributed by atoms with Crippen molar-refractivity contribution in [3.05, 3.63) is 107 Å². The number of benzene rings is 3. The van der Waals surface area contributed by atoms with E-state index in [0.717, 1.165) is 38.8 Å². The third-order valence-corrected chi connectivity index (χ3v) is 11.5. The molecule has 0 spiro atoms. The third-order valence-electron chi connectivity index (χ3n) is 11.5. The van der Waals surface area contributed by atoms with E-state index in [2.05, 4.69) is 63.2 Å². The second-order valence-electron chi connectivity index (χ2n) is 15.8. The van der Waals surface area contributed by atoms with Crippen LogP contribution in [0.2, 0.25) is 0 Å². The Morgan fingerprint density at radius 2 is 1.10 bits per heavy atom. The number of carbonyl (C=O) groups is 3. The van der Waals surface area contributed by atoms with Gasteiger partial charge < -0.3 is 52.5 Å². The highest BCUT2D eigenvalue weighted by molar-refractivity contribution is 6.06. The summed E-state index contributed by atoms with van der Waals surface area (Å²) in [5.41, 5.74) is 5.60. The number of ether oxygens (including phenoxy) is 7. The van der Waals surface area contributed by atoms with E-state index in [1.165, 1.54) is 19.1 Å². The number of nitrogens with zero attached hydrogens (tertiary/aromatic N) is 3. The van der Waals surface area contributed by atoms with E-state index >= 15 is 0 Å². The first-order chi connectivity index (χ1) is 34.3. The summed E-state index contributed by atoms with van der Waals surface area (Å²) in [5, 5.41) is 4.87. The molecule has 0 bridgehead atoms. The first-order valence-corrected chi connectivity index (χ1v) is 22.5. The fourth-order valence-corrected chi connectivity index (χ4v) is 7.94. The number of likely N-dealkylation sites (N-methyl/N-ethyl adjacent to an activating group) is 2. The van der Waals surface area contributed by atoms with Crippen LogP contribution in [0.25, 0.3) is 21.8 Å². The first-order valence-electron chi connectivity index (χ1n) is 22.5. The number of amides is 1. The van der Waals surface area contributed by atoms with Gasteiger partial charge in [0, 0.05) is 40.2 Å². The Morgan fingerprint density at radius 1 is 0.681 bits per heavy atom. The lowest BCUT2D eigenvalue weighted by Gasteiger charge is -2.37. The molecule has 1 N–H and O–H groups in total. The van der Waals surface area contributed by atoms with Crippen molar-refractivity contribution in [2.24, 2.45) is 0 Å². The highest BCUT2D eigenvalue weighted by Gasteiger charge is 2.35. The van der Waals surface area contributed by atoms with Gasteiger partial charge in [-0.2, -0.15) is 0 Å². The van der Waals surface area contributed by atoms with Crippen LogP contribution < -0.4 is 5.32 Å². The van der Waals surface area contributed by atoms with Crippen molar-refractivity contribution in [3.63, 3.8) is 0 Å². The molecule has 2 aliphatic heterocycles. The fourth-order valence-electron chi connectivity index (χ4n) is 7.94. The molecule has 2 aromatic heterocycles. The van der Waals surface area contributed by atoms with Crippen molar-refractivity contribution in [2.45, 2.75) is 85.4 Å². The standard InChI is InChI=1S/C26H30N2O6.C18H24N2O4.C7H4.C6H2.CH4/c1-17-23(24(29)31-4)21-12-8-9-13-22(21)28(17)18(2)25-32-15-20(16-33-25)27(3)26(30)34-14-19-10-6-5-7-11-19;1-11-16(17(21)22-4)14-7-5-6-8-15(14)20(11)12(2)18-23-9-13(19-3)10-24-18;1-3-5-7-6-4-2;1-3-5-6-4-2;/h5-13,18,20,25H,14-16H2,1-4H3;5-8,12-13,18-19H,9-10H2,1-4H3;1H,2H3;1-2H;1H4/t18-,20?,25?;12-,13?,18?;;;/m11.../s1. The Balaban J connectivity index is 0.000000311. The lowest BCUT2D eigenvalue weighted by molar-refractivity contribution is -0.217. The largest absolute Gasteiger partial charge is 0.465 e. The zero-order chi connectivity index (χ0) is 51.9. The van der Waals surface area contributed by atoms with Crippen LogP contribution in [-0.4, -0.2) is 111 Å². The van der Waals surface area contributed by atoms with Gasteiger partial charge in [-0.15, -0.1) is 19.3 Å². The minimum absolute atomic E-state index is 0. The predicted octanol–water partition coefficient (Wildman–Crippen LogP) is 8.10. The van der Waals surface area contributed by atoms with Gasteiger partial charge in [0.25, 0.3) is 0 Å². The molecule has 3 aromatic carbocycles. The maximum Gasteiger partial charge on any atom is 0.410 e. The summed E-state index contributed by atoms with van der Waals surface area (Å²) in [5.74, 6) is 19.9. The molecule has 5 aromatic rings. The molecule has 376 valence electrons. The van der Waals surface area contributed by atoms with E-state index in [1.54, 1.807) is 14.0 Å². The molecule has 0 unspecified atom stereocenters. The number of terminal acetylenes is 3. The van der Waals surface area contributed by atoms with Gasteiger partial charge in [0.2, 0.25) is 0 Å². The molecule has 1 amide bonds. The number of aromatic nitrogens is 2. The van der Waals surface area contributed by atoms with E-state index < -0.39 is 12.4 Å². The van der Waals surface area contributed by atoms with Crippen LogP contribution in [0.3, 0.4) is 0 Å². The Morgan fingerprint density at radius 3 is 1.51 bits per heavy atom. The molecule has 14 nitrogen and oxygen atoms in total. The summed E-state index contributed by atoms with van der Waals surface area (Å²) in [4.78, 5) is 38.7. The van der Waals surface area contributed by atoms with Gasteiger partial charge >= 0.3 is 18.0 Å². The van der Waals surface area contributed by atoms with Crippen LogP contribution in [-0.2, 0) is 39.8 Å². The summed E-state index contributed by atoms with van der Waals surface area (Å²) in [7, 11) is 6.36. The number of esters is 2. The molecule has 72 heavy (non-hydrogen) atoms. The number of methoxy groups -OCH3 is 2. The van der Waals surface area contributed by atoms with E-state index in [9.17, 15) is 14.4 Å². The first kappa shape index (κ1) is 58.4. The predicted molar refractivity (Wildman–Crippen MR) is 280 cm³/mol. The number of rotatable bonds is 10. The number of fused-ring (bicyclic) bond motifs is 2. The monoisotopic (exact) mass is 976 g/mol. The second kappa shape index (κ2) is 30.0. The number of hydrogen-bond acceptors (Lipinski definition) is 11. The van der Waals surface area contributed by atoms with Crippen LogP contribution >= 0.6 is 0 Å². The summed E-state index contributed by atoms with van der Waals surface area (Å²) in [6.07, 6.45) is 12.9. The molecule has 14 heteroatoms. The third kappa shape index (κ3) is 15.1. The van der Waals surface area contributed by atoms with Gasteiger partial charge in [-0.25, -0.2) is 14.4 Å². The van der Waals surface area contributed by atoms with Gasteiger partial charge in [-0.1, -0.05) is 80.1 Å². The molecule has 2 fully saturated rings. The summed E-state index contributed by atoms with van der Waals surface area (Å²) in [6.45, 7) is 11.6. The van der Waals surface area contributed by atoms with Crippen LogP contribution in [0.4, 0.5) is 4.79 Å². The molecule has 4 heterocycles. The number of hydrogen-bond donors (Lipinski definition) is 1. The van der Waals surface area contributed by atoms with Crippen molar-refractivity contribution < 1.29 is 47.5 Å². The number of para-hydroxylation sites is 2. The summed E-state index contributed by atoms with van der Waals surface area (Å²) >= 11 is 0. The molecule has 0 radical (unpaired) electrons. The summed E-state index contributed by atoms with van der Waals surface area (Å²) in [6, 6.07) is 24.8. The van der Waals surface area contributed by atoms with Crippen molar-refractivity contribution in [1.29, 1.82) is 0 Å². The normalized spacial score (nSPS) is 17.0. The van der Waals surface area contributed by atoms with Crippen LogP contribution in [0, 0.1) is 86.4 Å². The number of nitrogens with one attached hydrogen (secondary N) is 1. The van der Waals surface area contributed by atoms with E-state index in [-0.39, 0.29) is 56.4 Å². The van der Waals surface area contributed by atoms with E-state index in [0.29, 0.717) is 37.6 Å². The topological polar surface area (TPSA) is 141 Å². The van der Waals surface area contributed by atoms with Gasteiger partial charge in [0.05, 0.1) is 75.9 Å². The lowest BCUT2D eigenvalue weighted by Crippen LogP contribution is -2.49. The maximum absolute atomic E-state index is 12.5. The molecule has 2 atom stereocenters. The van der Waals surface area contributed by atoms with Crippen molar-refractivity contribution >= 4 is 39.8 Å². The Labute approximate surface area is 424 Å². The minimum atomic E-state index is -0.537. The SMILES string of the molecule is C.C#CC#CC#C.C#CC#CC#CC.CNC1COC([C@@H](C)n2c(C)c(C(=O)OC)c3ccccc32)OC1.COC(=O)c1c(C)n([C@H](C)C2OCC(N(C)C(=O)OCc3ccccc3)CO2)c2ccccc12. The van der Waals surface area contributed by atoms with E-state index in [1.807, 2.05) is 118 Å². The Bertz CT molecular complexity index is 2900. The second-order valence-corrected chi connectivity index (χ2v) is 15.8. The van der Waals surface area contributed by atoms with Crippen LogP contribution in [0.1, 0.15) is 77.9 Å². The smallest absolute Gasteiger partial charge is 0.410 e. The quantitative estimate of drug-likeness (QED) is 0.0825. The van der Waals surface area contributed by atoms with Gasteiger partial charge in [0.15, 0.2) is 12.6 Å². The molecular weight excluding hydrogens is 913 g/mol. The highest BCUT2D eigenvalue weighted by Crippen LogP contribution is 2.34. The summed E-state index contributed by atoms with van der Waals surface area (Å²) < 4.78 is 43.4. The highest BCUT2D eigenvalue weighted by atomic mass is 16.7. The molecule has 2 saturated heterocycles. The van der Waals surface area contributed by atoms with Crippen molar-refractivity contribution in [2.75, 3.05) is 54.7 Å². The Kier molecular flexibility index (Phi) is 24.3. The van der Waals surface area contributed by atoms with Gasteiger partial charge in [0.1, 0.15) is 6.61 Å². The maximum atomic E-state index is 12.5. The van der Waals surface area contributed by atoms with Gasteiger partial charge in [-0.05, 0) is 107 Å². The minimum Gasteiger partial charge on any atom is -0.465 e. The van der Waals surface area contributed by atoms with E-state index in [4.69, 9.17) is 52.4 Å². The zero-order valence-electron chi connectivity index (χ0n) is 41.7. The zero-order valence-corrected chi connectivity index (χ0v) is 41.7. The fraction of sp³-hybridized carbons (Fsp3) is 0.362. The molecule has 0 saturated carbocycles. The number of carbonyl (C=O) groups excluding carboxylic acids is 3. The van der Waals surface area contributed by atoms with Crippen molar-refractivity contribution in [1.82, 2.24) is 19.4 Å². The van der Waals surface area contributed by atoms with Crippen molar-refractivity contribution in [3.8, 4) is 72.6 Å². The molecule has 0 aliphatic carbocycles. The molecular formula is C58H64N4O10. The molecule has 7 rings (SSSR count). The van der Waals surface area contributed by atoms with Crippen LogP contribution in [0.5, 0.6) is 0 Å². The lowest BCUT2D eigenvalue weighted by atomic mass is 10.1.